The van der Waals surface area contributed by atoms with Crippen molar-refractivity contribution in [3.05, 3.63) is 129 Å². The molecule has 4 rings (SSSR count). The van der Waals surface area contributed by atoms with Crippen molar-refractivity contribution in [2.45, 2.75) is 23.9 Å². The number of carbonyl (C=O) groups excluding carboxylic acids is 2. The number of amides is 2. The molecule has 0 saturated heterocycles. The van der Waals surface area contributed by atoms with E-state index in [1.165, 1.54) is 24.1 Å². The van der Waals surface area contributed by atoms with E-state index < -0.39 is 28.5 Å². The van der Waals surface area contributed by atoms with Crippen LogP contribution in [0.4, 0.5) is 5.69 Å². The van der Waals surface area contributed by atoms with E-state index in [0.29, 0.717) is 10.2 Å². The Labute approximate surface area is 257 Å². The Hall–Kier alpha value is -3.47. The fraction of sp³-hybridized carbons (Fsp3) is 0.161. The summed E-state index contributed by atoms with van der Waals surface area (Å²) in [6.07, 6.45) is 0.255. The summed E-state index contributed by atoms with van der Waals surface area (Å²) in [7, 11) is -2.61. The zero-order valence-electron chi connectivity index (χ0n) is 22.3. The number of benzene rings is 4. The maximum atomic E-state index is 14.2. The Morgan fingerprint density at radius 3 is 2.02 bits per heavy atom. The van der Waals surface area contributed by atoms with Crippen LogP contribution in [-0.2, 0) is 32.6 Å². The third-order valence-corrected chi connectivity index (χ3v) is 9.30. The molecule has 0 saturated carbocycles. The monoisotopic (exact) mass is 697 g/mol. The minimum atomic E-state index is -4.13. The Morgan fingerprint density at radius 1 is 0.780 bits per heavy atom. The average Bonchev–Trinajstić information content (AvgIpc) is 2.99. The van der Waals surface area contributed by atoms with Crippen molar-refractivity contribution in [1.82, 2.24) is 10.2 Å². The lowest BCUT2D eigenvalue weighted by atomic mass is 10.0. The summed E-state index contributed by atoms with van der Waals surface area (Å²) in [5, 5.41) is 2.69. The first-order valence-electron chi connectivity index (χ1n) is 12.8. The van der Waals surface area contributed by atoms with Gasteiger partial charge in [0.05, 0.1) is 10.6 Å². The number of hydrogen-bond donors (Lipinski definition) is 1. The normalized spacial score (nSPS) is 11.9. The molecule has 10 heteroatoms. The second kappa shape index (κ2) is 13.9. The van der Waals surface area contributed by atoms with Crippen LogP contribution in [0.1, 0.15) is 11.1 Å². The molecule has 0 aliphatic heterocycles. The highest BCUT2D eigenvalue weighted by Crippen LogP contribution is 2.27. The van der Waals surface area contributed by atoms with Crippen molar-refractivity contribution >= 4 is 59.4 Å². The second-order valence-electron chi connectivity index (χ2n) is 9.27. The lowest BCUT2D eigenvalue weighted by Gasteiger charge is -2.33. The van der Waals surface area contributed by atoms with E-state index in [2.05, 4.69) is 37.2 Å². The molecule has 7 nitrogen and oxygen atoms in total. The first kappa shape index (κ1) is 30.5. The first-order chi connectivity index (χ1) is 19.7. The summed E-state index contributed by atoms with van der Waals surface area (Å²) in [6.45, 7) is -0.402. The van der Waals surface area contributed by atoms with Gasteiger partial charge in [-0.2, -0.15) is 0 Å². The minimum absolute atomic E-state index is 0.0550. The van der Waals surface area contributed by atoms with Crippen molar-refractivity contribution in [2.24, 2.45) is 0 Å². The zero-order chi connectivity index (χ0) is 29.4. The van der Waals surface area contributed by atoms with Gasteiger partial charge in [-0.25, -0.2) is 8.42 Å². The minimum Gasteiger partial charge on any atom is -0.357 e. The molecule has 0 aliphatic rings. The van der Waals surface area contributed by atoms with Crippen LogP contribution in [0.15, 0.2) is 123 Å². The maximum absolute atomic E-state index is 14.2. The summed E-state index contributed by atoms with van der Waals surface area (Å²) < 4.78 is 30.4. The van der Waals surface area contributed by atoms with Crippen molar-refractivity contribution < 1.29 is 18.0 Å². The van der Waals surface area contributed by atoms with Crippen molar-refractivity contribution in [2.75, 3.05) is 17.9 Å². The zero-order valence-corrected chi connectivity index (χ0v) is 26.3. The van der Waals surface area contributed by atoms with Crippen LogP contribution < -0.4 is 9.62 Å². The number of sulfonamides is 1. The van der Waals surface area contributed by atoms with Crippen LogP contribution in [0.3, 0.4) is 0 Å². The highest BCUT2D eigenvalue weighted by atomic mass is 79.9. The van der Waals surface area contributed by atoms with Gasteiger partial charge in [0.2, 0.25) is 11.8 Å². The number of hydrogen-bond acceptors (Lipinski definition) is 4. The Kier molecular flexibility index (Phi) is 10.4. The molecule has 41 heavy (non-hydrogen) atoms. The molecule has 0 aliphatic carbocycles. The molecule has 4 aromatic carbocycles. The molecule has 0 fully saturated rings. The van der Waals surface area contributed by atoms with E-state index in [1.54, 1.807) is 42.5 Å². The molecule has 4 aromatic rings. The van der Waals surface area contributed by atoms with E-state index in [1.807, 2.05) is 54.6 Å². The largest absolute Gasteiger partial charge is 0.357 e. The third-order valence-electron chi connectivity index (χ3n) is 6.49. The van der Waals surface area contributed by atoms with Crippen LogP contribution in [0.5, 0.6) is 0 Å². The Bertz CT molecular complexity index is 1580. The van der Waals surface area contributed by atoms with Gasteiger partial charge in [0.1, 0.15) is 12.6 Å². The van der Waals surface area contributed by atoms with Gasteiger partial charge in [-0.1, -0.05) is 98.6 Å². The predicted molar refractivity (Wildman–Crippen MR) is 168 cm³/mol. The smallest absolute Gasteiger partial charge is 0.264 e. The van der Waals surface area contributed by atoms with Crippen LogP contribution in [-0.4, -0.2) is 44.8 Å². The van der Waals surface area contributed by atoms with Gasteiger partial charge < -0.3 is 10.2 Å². The summed E-state index contributed by atoms with van der Waals surface area (Å²) in [5.74, 6) is -0.865. The Balaban J connectivity index is 1.78. The number of rotatable bonds is 11. The molecule has 0 bridgehead atoms. The van der Waals surface area contributed by atoms with Gasteiger partial charge >= 0.3 is 0 Å². The molecular weight excluding hydrogens is 670 g/mol. The van der Waals surface area contributed by atoms with E-state index in [4.69, 9.17) is 0 Å². The van der Waals surface area contributed by atoms with Crippen LogP contribution in [0.2, 0.25) is 0 Å². The number of halogens is 2. The summed E-state index contributed by atoms with van der Waals surface area (Å²) >= 11 is 6.85. The van der Waals surface area contributed by atoms with Crippen molar-refractivity contribution in [3.8, 4) is 0 Å². The quantitative estimate of drug-likeness (QED) is 0.215. The van der Waals surface area contributed by atoms with Crippen LogP contribution >= 0.6 is 31.9 Å². The fourth-order valence-electron chi connectivity index (χ4n) is 4.39. The van der Waals surface area contributed by atoms with Gasteiger partial charge in [0, 0.05) is 29.0 Å². The highest BCUT2D eigenvalue weighted by Gasteiger charge is 2.34. The SMILES string of the molecule is CNC(=O)[C@@H](Cc1ccccc1)N(Cc1ccc(Br)cc1)C(=O)CN(c1cccc(Br)c1)S(=O)(=O)c1ccccc1. The summed E-state index contributed by atoms with van der Waals surface area (Å²) in [5.41, 5.74) is 1.98. The van der Waals surface area contributed by atoms with Gasteiger partial charge in [0.25, 0.3) is 10.0 Å². The average molecular weight is 699 g/mol. The molecule has 1 N–H and O–H groups in total. The molecule has 0 spiro atoms. The van der Waals surface area contributed by atoms with Gasteiger partial charge in [-0.05, 0) is 53.6 Å². The van der Waals surface area contributed by atoms with Crippen LogP contribution in [0.25, 0.3) is 0 Å². The number of carbonyl (C=O) groups is 2. The molecule has 212 valence electrons. The third kappa shape index (κ3) is 7.84. The number of anilines is 1. The van der Waals surface area contributed by atoms with E-state index in [-0.39, 0.29) is 23.8 Å². The Morgan fingerprint density at radius 2 is 1.41 bits per heavy atom. The second-order valence-corrected chi connectivity index (χ2v) is 13.0. The molecule has 0 unspecified atom stereocenters. The van der Waals surface area contributed by atoms with Crippen molar-refractivity contribution in [1.29, 1.82) is 0 Å². The number of nitrogens with one attached hydrogen (secondary N) is 1. The molecule has 0 heterocycles. The predicted octanol–water partition coefficient (Wildman–Crippen LogP) is 5.79. The standard InChI is InChI=1S/C31H29Br2N3O4S/c1-34-31(38)29(19-23-9-4-2-5-10-23)35(21-24-15-17-25(32)18-16-24)30(37)22-36(27-12-8-11-26(33)20-27)41(39,40)28-13-6-3-7-14-28/h2-18,20,29H,19,21-22H2,1H3,(H,34,38)/t29-/m1/s1. The van der Waals surface area contributed by atoms with Gasteiger partial charge in [-0.3, -0.25) is 13.9 Å². The highest BCUT2D eigenvalue weighted by molar-refractivity contribution is 9.10. The topological polar surface area (TPSA) is 86.8 Å². The van der Waals surface area contributed by atoms with E-state index in [0.717, 1.165) is 19.9 Å². The molecule has 0 aromatic heterocycles. The molecule has 0 radical (unpaired) electrons. The van der Waals surface area contributed by atoms with Crippen molar-refractivity contribution in [3.63, 3.8) is 0 Å². The van der Waals surface area contributed by atoms with Crippen LogP contribution in [0, 0.1) is 0 Å². The maximum Gasteiger partial charge on any atom is 0.264 e. The summed E-state index contributed by atoms with van der Waals surface area (Å²) in [6, 6.07) is 30.7. The number of likely N-dealkylation sites (N-methyl/N-ethyl adjacent to an activating group) is 1. The fourth-order valence-corrected chi connectivity index (χ4v) is 6.47. The van der Waals surface area contributed by atoms with E-state index >= 15 is 0 Å². The molecule has 1 atom stereocenters. The molecular formula is C31H29Br2N3O4S. The van der Waals surface area contributed by atoms with E-state index in [9.17, 15) is 18.0 Å². The summed E-state index contributed by atoms with van der Waals surface area (Å²) in [4.78, 5) is 29.0. The lowest BCUT2D eigenvalue weighted by Crippen LogP contribution is -2.53. The number of nitrogens with zero attached hydrogens (tertiary/aromatic N) is 2. The first-order valence-corrected chi connectivity index (χ1v) is 15.8. The molecule has 2 amide bonds. The lowest BCUT2D eigenvalue weighted by molar-refractivity contribution is -0.139. The van der Waals surface area contributed by atoms with Gasteiger partial charge in [0.15, 0.2) is 0 Å². The van der Waals surface area contributed by atoms with Gasteiger partial charge in [-0.15, -0.1) is 0 Å².